The maximum atomic E-state index is 5.64. The molecular weight excluding hydrogens is 180 g/mol. The van der Waals surface area contributed by atoms with Crippen LogP contribution in [0.1, 0.15) is 26.2 Å². The van der Waals surface area contributed by atoms with Crippen LogP contribution in [-0.4, -0.2) is 10.7 Å². The van der Waals surface area contributed by atoms with Crippen LogP contribution < -0.4 is 5.73 Å². The zero-order chi connectivity index (χ0) is 9.52. The molecule has 2 nitrogen and oxygen atoms in total. The molecule has 0 unspecified atom stereocenters. The van der Waals surface area contributed by atoms with Crippen molar-refractivity contribution in [3.05, 3.63) is 18.3 Å². The van der Waals surface area contributed by atoms with Crippen LogP contribution in [-0.2, 0) is 0 Å². The largest absolute Gasteiger partial charge is 0.399 e. The van der Waals surface area contributed by atoms with Crippen LogP contribution in [0, 0.1) is 0 Å². The van der Waals surface area contributed by atoms with E-state index >= 15 is 0 Å². The molecule has 0 fully saturated rings. The van der Waals surface area contributed by atoms with Crippen molar-refractivity contribution < 1.29 is 0 Å². The number of hydrogen-bond acceptors (Lipinski definition) is 3. The van der Waals surface area contributed by atoms with Crippen molar-refractivity contribution in [1.82, 2.24) is 4.98 Å². The van der Waals surface area contributed by atoms with E-state index in [-0.39, 0.29) is 0 Å². The van der Waals surface area contributed by atoms with E-state index in [2.05, 4.69) is 11.9 Å². The monoisotopic (exact) mass is 196 g/mol. The second-order valence-electron chi connectivity index (χ2n) is 2.98. The average Bonchev–Trinajstić information content (AvgIpc) is 2.13. The molecule has 1 aromatic heterocycles. The summed E-state index contributed by atoms with van der Waals surface area (Å²) in [6, 6.07) is 3.74. The van der Waals surface area contributed by atoms with Crippen molar-refractivity contribution in [2.45, 2.75) is 31.2 Å². The molecule has 0 aliphatic rings. The molecule has 0 aliphatic heterocycles. The van der Waals surface area contributed by atoms with Gasteiger partial charge in [-0.05, 0) is 24.3 Å². The number of nitrogens with zero attached hydrogens (tertiary/aromatic N) is 1. The highest BCUT2D eigenvalue weighted by Gasteiger charge is 1.95. The Morgan fingerprint density at radius 2 is 2.31 bits per heavy atom. The summed E-state index contributed by atoms with van der Waals surface area (Å²) in [6.45, 7) is 2.21. The number of rotatable bonds is 5. The number of thioether (sulfide) groups is 1. The van der Waals surface area contributed by atoms with Crippen LogP contribution in [0.25, 0.3) is 0 Å². The molecule has 1 aromatic rings. The van der Waals surface area contributed by atoms with E-state index in [0.29, 0.717) is 0 Å². The summed E-state index contributed by atoms with van der Waals surface area (Å²) < 4.78 is 0. The molecule has 0 saturated carbocycles. The molecule has 0 amide bonds. The molecule has 0 saturated heterocycles. The highest BCUT2D eigenvalue weighted by Crippen LogP contribution is 2.18. The van der Waals surface area contributed by atoms with E-state index in [1.807, 2.05) is 12.1 Å². The number of nitrogen functional groups attached to an aromatic ring is 1. The first kappa shape index (κ1) is 10.4. The van der Waals surface area contributed by atoms with Gasteiger partial charge >= 0.3 is 0 Å². The van der Waals surface area contributed by atoms with Crippen molar-refractivity contribution >= 4 is 17.4 Å². The maximum Gasteiger partial charge on any atom is 0.0980 e. The van der Waals surface area contributed by atoms with E-state index in [1.54, 1.807) is 18.0 Å². The number of hydrogen-bond donors (Lipinski definition) is 1. The van der Waals surface area contributed by atoms with E-state index in [0.717, 1.165) is 16.5 Å². The fraction of sp³-hybridized carbons (Fsp3) is 0.500. The van der Waals surface area contributed by atoms with Gasteiger partial charge in [0.2, 0.25) is 0 Å². The van der Waals surface area contributed by atoms with Gasteiger partial charge in [-0.2, -0.15) is 0 Å². The lowest BCUT2D eigenvalue weighted by molar-refractivity contribution is 0.778. The third-order valence-corrected chi connectivity index (χ3v) is 2.77. The zero-order valence-electron chi connectivity index (χ0n) is 7.99. The molecule has 0 aliphatic carbocycles. The minimum Gasteiger partial charge on any atom is -0.399 e. The van der Waals surface area contributed by atoms with Gasteiger partial charge in [-0.3, -0.25) is 0 Å². The van der Waals surface area contributed by atoms with E-state index in [9.17, 15) is 0 Å². The standard InChI is InChI=1S/C10H16N2S/c1-2-3-4-7-13-10-8-9(11)5-6-12-10/h5-6,8H,2-4,7H2,1H3,(H2,11,12). The Kier molecular flexibility index (Phi) is 4.68. The predicted molar refractivity (Wildman–Crippen MR) is 58.9 cm³/mol. The van der Waals surface area contributed by atoms with Gasteiger partial charge in [0.15, 0.2) is 0 Å². The Bertz CT molecular complexity index is 250. The molecule has 3 heteroatoms. The molecule has 1 heterocycles. The molecule has 0 radical (unpaired) electrons. The highest BCUT2D eigenvalue weighted by atomic mass is 32.2. The van der Waals surface area contributed by atoms with E-state index in [4.69, 9.17) is 5.73 Å². The van der Waals surface area contributed by atoms with Crippen LogP contribution in [0.5, 0.6) is 0 Å². The molecule has 0 bridgehead atoms. The molecule has 0 atom stereocenters. The van der Waals surface area contributed by atoms with Gasteiger partial charge in [0.25, 0.3) is 0 Å². The summed E-state index contributed by atoms with van der Waals surface area (Å²) in [7, 11) is 0. The lowest BCUT2D eigenvalue weighted by Gasteiger charge is -2.00. The first-order valence-corrected chi connectivity index (χ1v) is 5.66. The maximum absolute atomic E-state index is 5.64. The Hall–Kier alpha value is -0.700. The van der Waals surface area contributed by atoms with E-state index < -0.39 is 0 Å². The number of aromatic nitrogens is 1. The van der Waals surface area contributed by atoms with Gasteiger partial charge < -0.3 is 5.73 Å². The molecule has 2 N–H and O–H groups in total. The van der Waals surface area contributed by atoms with Crippen molar-refractivity contribution in [3.63, 3.8) is 0 Å². The third-order valence-electron chi connectivity index (χ3n) is 1.76. The fourth-order valence-electron chi connectivity index (χ4n) is 1.03. The summed E-state index contributed by atoms with van der Waals surface area (Å²) >= 11 is 1.78. The van der Waals surface area contributed by atoms with Gasteiger partial charge in [0.1, 0.15) is 0 Å². The highest BCUT2D eigenvalue weighted by molar-refractivity contribution is 7.99. The van der Waals surface area contributed by atoms with E-state index in [1.165, 1.54) is 19.3 Å². The number of unbranched alkanes of at least 4 members (excludes halogenated alkanes) is 2. The second kappa shape index (κ2) is 5.86. The summed E-state index contributed by atoms with van der Waals surface area (Å²) in [5, 5.41) is 1.04. The van der Waals surface area contributed by atoms with Gasteiger partial charge in [0.05, 0.1) is 5.03 Å². The fourth-order valence-corrected chi connectivity index (χ4v) is 1.94. The summed E-state index contributed by atoms with van der Waals surface area (Å²) in [6.07, 6.45) is 5.59. The third kappa shape index (κ3) is 4.18. The van der Waals surface area contributed by atoms with Crippen LogP contribution in [0.2, 0.25) is 0 Å². The van der Waals surface area contributed by atoms with Crippen LogP contribution in [0.15, 0.2) is 23.4 Å². The van der Waals surface area contributed by atoms with Crippen LogP contribution in [0.3, 0.4) is 0 Å². The number of nitrogens with two attached hydrogens (primary N) is 1. The van der Waals surface area contributed by atoms with Crippen molar-refractivity contribution in [2.75, 3.05) is 11.5 Å². The van der Waals surface area contributed by atoms with Crippen LogP contribution in [0.4, 0.5) is 5.69 Å². The lowest BCUT2D eigenvalue weighted by Crippen LogP contribution is -1.88. The Labute approximate surface area is 83.9 Å². The molecule has 1 rings (SSSR count). The smallest absolute Gasteiger partial charge is 0.0980 e. The predicted octanol–water partition coefficient (Wildman–Crippen LogP) is 2.95. The normalized spacial score (nSPS) is 10.2. The zero-order valence-corrected chi connectivity index (χ0v) is 8.81. The number of anilines is 1. The Morgan fingerprint density at radius 1 is 1.46 bits per heavy atom. The summed E-state index contributed by atoms with van der Waals surface area (Å²) in [5.41, 5.74) is 6.43. The molecule has 13 heavy (non-hydrogen) atoms. The molecular formula is C10H16N2S. The topological polar surface area (TPSA) is 38.9 Å². The first-order valence-electron chi connectivity index (χ1n) is 4.67. The van der Waals surface area contributed by atoms with Gasteiger partial charge in [-0.15, -0.1) is 11.8 Å². The quantitative estimate of drug-likeness (QED) is 0.581. The molecule has 72 valence electrons. The SMILES string of the molecule is CCCCCSc1cc(N)ccn1. The van der Waals surface area contributed by atoms with Gasteiger partial charge in [-0.1, -0.05) is 19.8 Å². The first-order chi connectivity index (χ1) is 6.33. The molecule has 0 aromatic carbocycles. The van der Waals surface area contributed by atoms with Crippen molar-refractivity contribution in [2.24, 2.45) is 0 Å². The van der Waals surface area contributed by atoms with Crippen LogP contribution >= 0.6 is 11.8 Å². The minimum atomic E-state index is 0.799. The Balaban J connectivity index is 2.28. The molecule has 0 spiro atoms. The van der Waals surface area contributed by atoms with Crippen molar-refractivity contribution in [3.8, 4) is 0 Å². The summed E-state index contributed by atoms with van der Waals surface area (Å²) in [5.74, 6) is 1.14. The minimum absolute atomic E-state index is 0.799. The lowest BCUT2D eigenvalue weighted by atomic mass is 10.3. The summed E-state index contributed by atoms with van der Waals surface area (Å²) in [4.78, 5) is 4.22. The second-order valence-corrected chi connectivity index (χ2v) is 4.10. The average molecular weight is 196 g/mol. The van der Waals surface area contributed by atoms with Gasteiger partial charge in [-0.25, -0.2) is 4.98 Å². The van der Waals surface area contributed by atoms with Crippen molar-refractivity contribution in [1.29, 1.82) is 0 Å². The number of pyridine rings is 1. The Morgan fingerprint density at radius 3 is 3.00 bits per heavy atom. The van der Waals surface area contributed by atoms with Gasteiger partial charge in [0, 0.05) is 11.9 Å².